The SMILES string of the molecule is CCCCc1ccc2cc(N(C)C)ccc2n1. The number of hydrogen-bond acceptors (Lipinski definition) is 2. The number of aromatic nitrogens is 1. The van der Waals surface area contributed by atoms with Gasteiger partial charge in [0.05, 0.1) is 5.52 Å². The molecule has 2 rings (SSSR count). The molecule has 0 aliphatic heterocycles. The smallest absolute Gasteiger partial charge is 0.0706 e. The van der Waals surface area contributed by atoms with Crippen LogP contribution in [0.15, 0.2) is 30.3 Å². The molecule has 0 fully saturated rings. The summed E-state index contributed by atoms with van der Waals surface area (Å²) in [5.41, 5.74) is 3.53. The highest BCUT2D eigenvalue weighted by Gasteiger charge is 2.01. The Morgan fingerprint density at radius 2 is 1.94 bits per heavy atom. The van der Waals surface area contributed by atoms with Crippen molar-refractivity contribution in [2.45, 2.75) is 26.2 Å². The molecule has 0 aliphatic carbocycles. The van der Waals surface area contributed by atoms with Crippen LogP contribution in [0.3, 0.4) is 0 Å². The molecule has 0 saturated carbocycles. The van der Waals surface area contributed by atoms with Gasteiger partial charge in [0.2, 0.25) is 0 Å². The van der Waals surface area contributed by atoms with Crippen molar-refractivity contribution >= 4 is 16.6 Å². The van der Waals surface area contributed by atoms with Crippen LogP contribution in [0.1, 0.15) is 25.5 Å². The number of nitrogens with zero attached hydrogens (tertiary/aromatic N) is 2. The van der Waals surface area contributed by atoms with Crippen LogP contribution in [0.25, 0.3) is 10.9 Å². The first-order valence-electron chi connectivity index (χ1n) is 6.27. The molecule has 0 amide bonds. The van der Waals surface area contributed by atoms with E-state index in [1.165, 1.54) is 29.6 Å². The van der Waals surface area contributed by atoms with E-state index in [2.05, 4.69) is 56.3 Å². The number of rotatable bonds is 4. The number of hydrogen-bond donors (Lipinski definition) is 0. The first kappa shape index (κ1) is 11.9. The Morgan fingerprint density at radius 1 is 1.12 bits per heavy atom. The average Bonchev–Trinajstić information content (AvgIpc) is 2.35. The third-order valence-electron chi connectivity index (χ3n) is 3.03. The molecule has 0 saturated heterocycles. The van der Waals surface area contributed by atoms with Gasteiger partial charge in [0, 0.05) is 30.9 Å². The van der Waals surface area contributed by atoms with Gasteiger partial charge in [-0.25, -0.2) is 0 Å². The summed E-state index contributed by atoms with van der Waals surface area (Å²) in [4.78, 5) is 6.81. The van der Waals surface area contributed by atoms with E-state index in [-0.39, 0.29) is 0 Å². The van der Waals surface area contributed by atoms with Crippen LogP contribution >= 0.6 is 0 Å². The largest absolute Gasteiger partial charge is 0.378 e. The van der Waals surface area contributed by atoms with Gasteiger partial charge in [-0.3, -0.25) is 4.98 Å². The number of aryl methyl sites for hydroxylation is 1. The van der Waals surface area contributed by atoms with Crippen molar-refractivity contribution in [1.29, 1.82) is 0 Å². The van der Waals surface area contributed by atoms with Gasteiger partial charge >= 0.3 is 0 Å². The topological polar surface area (TPSA) is 16.1 Å². The van der Waals surface area contributed by atoms with Crippen molar-refractivity contribution in [2.24, 2.45) is 0 Å². The van der Waals surface area contributed by atoms with E-state index in [0.717, 1.165) is 11.9 Å². The fraction of sp³-hybridized carbons (Fsp3) is 0.400. The van der Waals surface area contributed by atoms with Gasteiger partial charge < -0.3 is 4.90 Å². The Labute approximate surface area is 103 Å². The number of benzene rings is 1. The van der Waals surface area contributed by atoms with Gasteiger partial charge in [-0.2, -0.15) is 0 Å². The van der Waals surface area contributed by atoms with Crippen molar-refractivity contribution in [3.05, 3.63) is 36.0 Å². The van der Waals surface area contributed by atoms with Gasteiger partial charge in [-0.15, -0.1) is 0 Å². The third-order valence-corrected chi connectivity index (χ3v) is 3.03. The lowest BCUT2D eigenvalue weighted by molar-refractivity contribution is 0.780. The number of fused-ring (bicyclic) bond motifs is 1. The highest BCUT2D eigenvalue weighted by molar-refractivity contribution is 5.82. The zero-order valence-corrected chi connectivity index (χ0v) is 10.9. The Hall–Kier alpha value is -1.57. The molecule has 0 bridgehead atoms. The normalized spacial score (nSPS) is 10.8. The molecular formula is C15H20N2. The third kappa shape index (κ3) is 2.76. The van der Waals surface area contributed by atoms with Crippen molar-refractivity contribution in [3.63, 3.8) is 0 Å². The predicted molar refractivity (Wildman–Crippen MR) is 74.7 cm³/mol. The fourth-order valence-corrected chi connectivity index (χ4v) is 1.93. The van der Waals surface area contributed by atoms with Crippen molar-refractivity contribution in [1.82, 2.24) is 4.98 Å². The highest BCUT2D eigenvalue weighted by Crippen LogP contribution is 2.20. The maximum absolute atomic E-state index is 4.69. The van der Waals surface area contributed by atoms with Gasteiger partial charge in [0.25, 0.3) is 0 Å². The first-order valence-corrected chi connectivity index (χ1v) is 6.27. The molecule has 17 heavy (non-hydrogen) atoms. The second-order valence-corrected chi connectivity index (χ2v) is 4.68. The number of pyridine rings is 1. The molecule has 0 spiro atoms. The molecule has 0 N–H and O–H groups in total. The summed E-state index contributed by atoms with van der Waals surface area (Å²) in [6.07, 6.45) is 3.52. The molecule has 2 nitrogen and oxygen atoms in total. The first-order chi connectivity index (χ1) is 8.20. The van der Waals surface area contributed by atoms with E-state index in [4.69, 9.17) is 4.98 Å². The second kappa shape index (κ2) is 5.17. The second-order valence-electron chi connectivity index (χ2n) is 4.68. The van der Waals surface area contributed by atoms with Gasteiger partial charge in [-0.05, 0) is 37.1 Å². The lowest BCUT2D eigenvalue weighted by Gasteiger charge is -2.13. The standard InChI is InChI=1S/C15H20N2/c1-4-5-6-13-8-7-12-11-14(17(2)3)9-10-15(12)16-13/h7-11H,4-6H2,1-3H3. The van der Waals surface area contributed by atoms with Crippen LogP contribution in [0.4, 0.5) is 5.69 Å². The molecule has 0 unspecified atom stereocenters. The fourth-order valence-electron chi connectivity index (χ4n) is 1.93. The monoisotopic (exact) mass is 228 g/mol. The van der Waals surface area contributed by atoms with E-state index >= 15 is 0 Å². The highest BCUT2D eigenvalue weighted by atomic mass is 15.1. The molecule has 2 aromatic rings. The summed E-state index contributed by atoms with van der Waals surface area (Å²) in [5.74, 6) is 0. The van der Waals surface area contributed by atoms with E-state index in [1.54, 1.807) is 0 Å². The zero-order chi connectivity index (χ0) is 12.3. The molecule has 1 aromatic heterocycles. The van der Waals surface area contributed by atoms with Crippen LogP contribution in [0.2, 0.25) is 0 Å². The van der Waals surface area contributed by atoms with Crippen LogP contribution in [0, 0.1) is 0 Å². The Balaban J connectivity index is 2.33. The quantitative estimate of drug-likeness (QED) is 0.794. The van der Waals surface area contributed by atoms with Gasteiger partial charge in [0.1, 0.15) is 0 Å². The maximum Gasteiger partial charge on any atom is 0.0706 e. The number of unbranched alkanes of at least 4 members (excludes halogenated alkanes) is 1. The zero-order valence-electron chi connectivity index (χ0n) is 10.9. The van der Waals surface area contributed by atoms with Crippen LogP contribution in [-0.4, -0.2) is 19.1 Å². The Morgan fingerprint density at radius 3 is 2.65 bits per heavy atom. The van der Waals surface area contributed by atoms with Gasteiger partial charge in [0.15, 0.2) is 0 Å². The maximum atomic E-state index is 4.69. The minimum absolute atomic E-state index is 1.09. The van der Waals surface area contributed by atoms with Crippen molar-refractivity contribution in [3.8, 4) is 0 Å². The van der Waals surface area contributed by atoms with E-state index in [1.807, 2.05) is 0 Å². The van der Waals surface area contributed by atoms with E-state index in [0.29, 0.717) is 0 Å². The minimum Gasteiger partial charge on any atom is -0.378 e. The van der Waals surface area contributed by atoms with Crippen LogP contribution in [0.5, 0.6) is 0 Å². The van der Waals surface area contributed by atoms with Crippen molar-refractivity contribution in [2.75, 3.05) is 19.0 Å². The molecule has 1 heterocycles. The number of anilines is 1. The lowest BCUT2D eigenvalue weighted by atomic mass is 10.1. The minimum atomic E-state index is 1.09. The summed E-state index contributed by atoms with van der Waals surface area (Å²) in [7, 11) is 4.12. The molecule has 0 radical (unpaired) electrons. The molecular weight excluding hydrogens is 208 g/mol. The molecule has 2 heteroatoms. The Kier molecular flexibility index (Phi) is 3.62. The van der Waals surface area contributed by atoms with Crippen LogP contribution in [-0.2, 0) is 6.42 Å². The van der Waals surface area contributed by atoms with Crippen LogP contribution < -0.4 is 4.90 Å². The molecule has 1 aromatic carbocycles. The molecule has 0 aliphatic rings. The summed E-state index contributed by atoms with van der Waals surface area (Å²) in [6, 6.07) is 10.8. The summed E-state index contributed by atoms with van der Waals surface area (Å²) >= 11 is 0. The van der Waals surface area contributed by atoms with Gasteiger partial charge in [-0.1, -0.05) is 19.4 Å². The van der Waals surface area contributed by atoms with E-state index in [9.17, 15) is 0 Å². The van der Waals surface area contributed by atoms with E-state index < -0.39 is 0 Å². The summed E-state index contributed by atoms with van der Waals surface area (Å²) in [6.45, 7) is 2.21. The summed E-state index contributed by atoms with van der Waals surface area (Å²) < 4.78 is 0. The predicted octanol–water partition coefficient (Wildman–Crippen LogP) is 3.64. The molecule has 90 valence electrons. The summed E-state index contributed by atoms with van der Waals surface area (Å²) in [5, 5.41) is 1.22. The lowest BCUT2D eigenvalue weighted by Crippen LogP contribution is -2.08. The molecule has 0 atom stereocenters. The Bertz CT molecular complexity index is 503. The van der Waals surface area contributed by atoms with Crippen molar-refractivity contribution < 1.29 is 0 Å². The average molecular weight is 228 g/mol.